The number of aromatic nitrogens is 1. The molecule has 2 aromatic heterocycles. The zero-order valence-corrected chi connectivity index (χ0v) is 15.8. The third-order valence-corrected chi connectivity index (χ3v) is 5.63. The van der Waals surface area contributed by atoms with Crippen LogP contribution in [0.3, 0.4) is 0 Å². The van der Waals surface area contributed by atoms with Crippen molar-refractivity contribution in [2.75, 3.05) is 0 Å². The van der Waals surface area contributed by atoms with Crippen LogP contribution in [-0.2, 0) is 11.3 Å². The summed E-state index contributed by atoms with van der Waals surface area (Å²) in [6, 6.07) is 11.5. The van der Waals surface area contributed by atoms with Crippen LogP contribution in [0.5, 0.6) is 0 Å². The molecule has 1 aromatic carbocycles. The Kier molecular flexibility index (Phi) is 5.42. The van der Waals surface area contributed by atoms with E-state index < -0.39 is 0 Å². The monoisotopic (exact) mass is 389 g/mol. The highest BCUT2D eigenvalue weighted by molar-refractivity contribution is 7.73. The van der Waals surface area contributed by atoms with E-state index >= 15 is 0 Å². The number of hydrazine groups is 1. The molecule has 0 aliphatic rings. The summed E-state index contributed by atoms with van der Waals surface area (Å²) in [6.45, 7) is 2.06. The van der Waals surface area contributed by atoms with Crippen LogP contribution in [-0.4, -0.2) is 16.4 Å². The molecule has 0 atom stereocenters. The first-order valence-corrected chi connectivity index (χ1v) is 9.59. The van der Waals surface area contributed by atoms with Crippen LogP contribution in [0, 0.1) is 10.9 Å². The van der Waals surface area contributed by atoms with Crippen molar-refractivity contribution < 1.29 is 9.59 Å². The molecular formula is C17H15N3O2S3. The number of amides is 2. The Labute approximate surface area is 157 Å². The molecule has 8 heteroatoms. The largest absolute Gasteiger partial charge is 0.313 e. The average Bonchev–Trinajstić information content (AvgIpc) is 3.25. The molecule has 2 N–H and O–H groups in total. The minimum absolute atomic E-state index is 0.0380. The maximum absolute atomic E-state index is 12.2. The lowest BCUT2D eigenvalue weighted by Crippen LogP contribution is -2.42. The highest BCUT2D eigenvalue weighted by Gasteiger charge is 2.12. The van der Waals surface area contributed by atoms with Gasteiger partial charge in [-0.05, 0) is 36.2 Å². The maximum Gasteiger partial charge on any atom is 0.279 e. The van der Waals surface area contributed by atoms with E-state index in [4.69, 9.17) is 12.2 Å². The van der Waals surface area contributed by atoms with E-state index in [0.717, 1.165) is 16.8 Å². The summed E-state index contributed by atoms with van der Waals surface area (Å²) in [6.07, 6.45) is 0. The molecule has 3 aromatic rings. The number of nitrogens with one attached hydrogen (secondary N) is 2. The van der Waals surface area contributed by atoms with Gasteiger partial charge in [0.1, 0.15) is 6.54 Å². The molecule has 0 aliphatic heterocycles. The molecule has 0 radical (unpaired) electrons. The van der Waals surface area contributed by atoms with Crippen LogP contribution in [0.15, 0.2) is 47.2 Å². The number of aryl methyl sites for hydroxylation is 1. The van der Waals surface area contributed by atoms with Crippen LogP contribution in [0.1, 0.15) is 15.2 Å². The Hall–Kier alpha value is -2.29. The molecule has 0 fully saturated rings. The minimum Gasteiger partial charge on any atom is -0.313 e. The molecule has 0 spiro atoms. The molecule has 0 saturated carbocycles. The SMILES string of the molecule is Cc1ccc(-c2csc(=S)n2CC(=O)NNC(=O)c2cccs2)cc1. The third-order valence-electron chi connectivity index (χ3n) is 3.49. The van der Waals surface area contributed by atoms with Crippen molar-refractivity contribution in [1.82, 2.24) is 15.4 Å². The van der Waals surface area contributed by atoms with Gasteiger partial charge in [-0.15, -0.1) is 22.7 Å². The maximum atomic E-state index is 12.2. The van der Waals surface area contributed by atoms with E-state index in [2.05, 4.69) is 10.9 Å². The van der Waals surface area contributed by atoms with Gasteiger partial charge in [-0.2, -0.15) is 0 Å². The highest BCUT2D eigenvalue weighted by Crippen LogP contribution is 2.24. The van der Waals surface area contributed by atoms with Gasteiger partial charge < -0.3 is 4.57 Å². The smallest absolute Gasteiger partial charge is 0.279 e. The van der Waals surface area contributed by atoms with Crippen molar-refractivity contribution in [3.05, 3.63) is 61.6 Å². The van der Waals surface area contributed by atoms with Crippen molar-refractivity contribution in [3.63, 3.8) is 0 Å². The van der Waals surface area contributed by atoms with Crippen molar-refractivity contribution >= 4 is 46.7 Å². The second kappa shape index (κ2) is 7.73. The predicted octanol–water partition coefficient (Wildman–Crippen LogP) is 3.78. The lowest BCUT2D eigenvalue weighted by Gasteiger charge is -2.10. The summed E-state index contributed by atoms with van der Waals surface area (Å²) >= 11 is 8.05. The zero-order chi connectivity index (χ0) is 17.8. The first-order valence-electron chi connectivity index (χ1n) is 7.42. The Bertz CT molecular complexity index is 940. The van der Waals surface area contributed by atoms with E-state index in [1.165, 1.54) is 22.7 Å². The molecule has 5 nitrogen and oxygen atoms in total. The van der Waals surface area contributed by atoms with Crippen molar-refractivity contribution in [2.24, 2.45) is 0 Å². The molecule has 128 valence electrons. The fraction of sp³-hybridized carbons (Fsp3) is 0.118. The minimum atomic E-state index is -0.340. The summed E-state index contributed by atoms with van der Waals surface area (Å²) in [5.74, 6) is -0.677. The van der Waals surface area contributed by atoms with E-state index in [9.17, 15) is 9.59 Å². The molecule has 0 bridgehead atoms. The summed E-state index contributed by atoms with van der Waals surface area (Å²) < 4.78 is 2.37. The Balaban J connectivity index is 1.69. The van der Waals surface area contributed by atoms with Crippen LogP contribution < -0.4 is 10.9 Å². The van der Waals surface area contributed by atoms with E-state index in [1.807, 2.05) is 36.6 Å². The lowest BCUT2D eigenvalue weighted by atomic mass is 10.1. The molecule has 2 amide bonds. The second-order valence-corrected chi connectivity index (χ2v) is 7.77. The average molecular weight is 390 g/mol. The van der Waals surface area contributed by atoms with Crippen LogP contribution >= 0.6 is 34.9 Å². The van der Waals surface area contributed by atoms with Gasteiger partial charge in [-0.25, -0.2) is 0 Å². The number of carbonyl (C=O) groups excluding carboxylic acids is 2. The summed E-state index contributed by atoms with van der Waals surface area (Å²) in [4.78, 5) is 24.6. The van der Waals surface area contributed by atoms with Gasteiger partial charge in [0.05, 0.1) is 10.6 Å². The number of carbonyl (C=O) groups is 2. The molecule has 0 aliphatic carbocycles. The van der Waals surface area contributed by atoms with Gasteiger partial charge in [0.15, 0.2) is 3.95 Å². The van der Waals surface area contributed by atoms with E-state index in [0.29, 0.717) is 8.83 Å². The molecule has 0 saturated heterocycles. The van der Waals surface area contributed by atoms with Crippen molar-refractivity contribution in [1.29, 1.82) is 0 Å². The Morgan fingerprint density at radius 2 is 1.88 bits per heavy atom. The van der Waals surface area contributed by atoms with Gasteiger partial charge in [0, 0.05) is 5.38 Å². The van der Waals surface area contributed by atoms with E-state index in [1.54, 1.807) is 22.1 Å². The highest BCUT2D eigenvalue weighted by atomic mass is 32.1. The van der Waals surface area contributed by atoms with E-state index in [-0.39, 0.29) is 18.4 Å². The van der Waals surface area contributed by atoms with Crippen LogP contribution in [0.4, 0.5) is 0 Å². The molecular weight excluding hydrogens is 374 g/mol. The Morgan fingerprint density at radius 1 is 1.12 bits per heavy atom. The third kappa shape index (κ3) is 4.22. The number of benzene rings is 1. The molecule has 3 rings (SSSR count). The fourth-order valence-corrected chi connectivity index (χ4v) is 3.90. The van der Waals surface area contributed by atoms with Gasteiger partial charge in [-0.3, -0.25) is 20.4 Å². The first-order chi connectivity index (χ1) is 12.0. The number of rotatable bonds is 4. The molecule has 25 heavy (non-hydrogen) atoms. The van der Waals surface area contributed by atoms with Crippen LogP contribution in [0.2, 0.25) is 0 Å². The fourth-order valence-electron chi connectivity index (χ4n) is 2.21. The second-order valence-electron chi connectivity index (χ2n) is 5.32. The number of thiazole rings is 1. The van der Waals surface area contributed by atoms with Crippen molar-refractivity contribution in [3.8, 4) is 11.3 Å². The van der Waals surface area contributed by atoms with Gasteiger partial charge >= 0.3 is 0 Å². The number of hydrogen-bond donors (Lipinski definition) is 2. The number of nitrogens with zero attached hydrogens (tertiary/aromatic N) is 1. The topological polar surface area (TPSA) is 63.1 Å². The quantitative estimate of drug-likeness (QED) is 0.527. The van der Waals surface area contributed by atoms with Gasteiger partial charge in [0.25, 0.3) is 11.8 Å². The molecule has 0 unspecified atom stereocenters. The zero-order valence-electron chi connectivity index (χ0n) is 13.3. The standard InChI is InChI=1S/C17H15N3O2S3/c1-11-4-6-12(7-5-11)13-10-25-17(23)20(13)9-15(21)18-19-16(22)14-3-2-8-24-14/h2-8,10H,9H2,1H3,(H,18,21)(H,19,22). The first kappa shape index (κ1) is 17.5. The number of thiophene rings is 1. The normalized spacial score (nSPS) is 10.4. The summed E-state index contributed by atoms with van der Waals surface area (Å²) in [7, 11) is 0. The number of hydrogen-bond acceptors (Lipinski definition) is 5. The predicted molar refractivity (Wildman–Crippen MR) is 103 cm³/mol. The van der Waals surface area contributed by atoms with Gasteiger partial charge in [0.2, 0.25) is 0 Å². The van der Waals surface area contributed by atoms with Crippen LogP contribution in [0.25, 0.3) is 11.3 Å². The Morgan fingerprint density at radius 3 is 2.56 bits per heavy atom. The summed E-state index contributed by atoms with van der Waals surface area (Å²) in [5.41, 5.74) is 7.88. The summed E-state index contributed by atoms with van der Waals surface area (Å²) in [5, 5.41) is 3.74. The lowest BCUT2D eigenvalue weighted by molar-refractivity contribution is -0.122. The van der Waals surface area contributed by atoms with Crippen molar-refractivity contribution in [2.45, 2.75) is 13.5 Å². The molecule has 2 heterocycles. The van der Waals surface area contributed by atoms with Gasteiger partial charge in [-0.1, -0.05) is 35.9 Å².